The molecule has 0 aliphatic rings. The van der Waals surface area contributed by atoms with Gasteiger partial charge >= 0.3 is 0 Å². The van der Waals surface area contributed by atoms with Crippen LogP contribution in [0.25, 0.3) is 0 Å². The van der Waals surface area contributed by atoms with Crippen molar-refractivity contribution in [2.45, 2.75) is 13.1 Å². The molecule has 1 aromatic carbocycles. The predicted octanol–water partition coefficient (Wildman–Crippen LogP) is 1.83. The summed E-state index contributed by atoms with van der Waals surface area (Å²) in [5.74, 6) is 0.861. The average Bonchev–Trinajstić information content (AvgIpc) is 2.76. The van der Waals surface area contributed by atoms with Gasteiger partial charge in [-0.2, -0.15) is 4.98 Å². The first-order valence-corrected chi connectivity index (χ1v) is 5.48. The molecule has 2 rings (SSSR count). The Labute approximate surface area is 101 Å². The number of aromatic hydroxyl groups is 1. The van der Waals surface area contributed by atoms with E-state index in [1.165, 1.54) is 6.39 Å². The molecule has 6 heteroatoms. The lowest BCUT2D eigenvalue weighted by molar-refractivity contribution is 0.407. The quantitative estimate of drug-likeness (QED) is 0.896. The highest BCUT2D eigenvalue weighted by Gasteiger charge is 2.01. The first-order chi connectivity index (χ1) is 7.75. The number of hydrogen-bond acceptors (Lipinski definition) is 5. The molecule has 0 unspecified atom stereocenters. The van der Waals surface area contributed by atoms with Gasteiger partial charge in [-0.15, -0.1) is 0 Å². The summed E-state index contributed by atoms with van der Waals surface area (Å²) >= 11 is 3.26. The Morgan fingerprint density at radius 2 is 2.25 bits per heavy atom. The Hall–Kier alpha value is -1.40. The second-order valence-corrected chi connectivity index (χ2v) is 4.09. The van der Waals surface area contributed by atoms with E-state index in [0.29, 0.717) is 23.4 Å². The van der Waals surface area contributed by atoms with Crippen molar-refractivity contribution >= 4 is 15.9 Å². The second-order valence-electron chi connectivity index (χ2n) is 3.24. The van der Waals surface area contributed by atoms with Gasteiger partial charge in [0.05, 0.1) is 11.0 Å². The smallest absolute Gasteiger partial charge is 0.213 e. The molecule has 2 aromatic rings. The van der Waals surface area contributed by atoms with Crippen molar-refractivity contribution in [3.8, 4) is 5.75 Å². The molecule has 84 valence electrons. The Bertz CT molecular complexity index is 459. The molecule has 0 aliphatic carbocycles. The third kappa shape index (κ3) is 2.80. The maximum Gasteiger partial charge on any atom is 0.213 e. The lowest BCUT2D eigenvalue weighted by atomic mass is 10.2. The van der Waals surface area contributed by atoms with Crippen molar-refractivity contribution in [1.29, 1.82) is 0 Å². The second kappa shape index (κ2) is 5.09. The van der Waals surface area contributed by atoms with Gasteiger partial charge in [0.15, 0.2) is 5.82 Å². The van der Waals surface area contributed by atoms with Crippen LogP contribution in [0.2, 0.25) is 0 Å². The summed E-state index contributed by atoms with van der Waals surface area (Å²) < 4.78 is 5.30. The van der Waals surface area contributed by atoms with Crippen molar-refractivity contribution in [3.63, 3.8) is 0 Å². The van der Waals surface area contributed by atoms with Crippen LogP contribution in [-0.4, -0.2) is 15.2 Å². The number of phenols is 1. The summed E-state index contributed by atoms with van der Waals surface area (Å²) in [6, 6.07) is 5.36. The molecule has 16 heavy (non-hydrogen) atoms. The van der Waals surface area contributed by atoms with E-state index in [0.717, 1.165) is 5.56 Å². The Balaban J connectivity index is 1.87. The van der Waals surface area contributed by atoms with Crippen LogP contribution >= 0.6 is 15.9 Å². The van der Waals surface area contributed by atoms with Gasteiger partial charge < -0.3 is 14.9 Å². The van der Waals surface area contributed by atoms with Gasteiger partial charge in [-0.05, 0) is 33.6 Å². The minimum atomic E-state index is 0.238. The lowest BCUT2D eigenvalue weighted by Crippen LogP contribution is -2.13. The van der Waals surface area contributed by atoms with Gasteiger partial charge in [-0.1, -0.05) is 11.2 Å². The van der Waals surface area contributed by atoms with Crippen LogP contribution in [0.4, 0.5) is 0 Å². The van der Waals surface area contributed by atoms with Gasteiger partial charge in [-0.3, -0.25) is 0 Å². The number of phenolic OH excluding ortho intramolecular Hbond substituents is 1. The zero-order valence-electron chi connectivity index (χ0n) is 8.35. The molecule has 0 spiro atoms. The number of benzene rings is 1. The van der Waals surface area contributed by atoms with E-state index in [1.54, 1.807) is 6.07 Å². The fourth-order valence-electron chi connectivity index (χ4n) is 1.25. The number of nitrogens with zero attached hydrogens (tertiary/aromatic N) is 2. The molecule has 1 aromatic heterocycles. The zero-order valence-corrected chi connectivity index (χ0v) is 9.94. The topological polar surface area (TPSA) is 71.2 Å². The Morgan fingerprint density at radius 3 is 2.94 bits per heavy atom. The van der Waals surface area contributed by atoms with Crippen molar-refractivity contribution in [3.05, 3.63) is 40.5 Å². The lowest BCUT2D eigenvalue weighted by Gasteiger charge is -2.04. The molecule has 0 amide bonds. The largest absolute Gasteiger partial charge is 0.507 e. The van der Waals surface area contributed by atoms with E-state index in [2.05, 4.69) is 35.9 Å². The molecule has 0 atom stereocenters. The van der Waals surface area contributed by atoms with E-state index in [9.17, 15) is 5.11 Å². The van der Waals surface area contributed by atoms with Crippen LogP contribution in [0, 0.1) is 0 Å². The summed E-state index contributed by atoms with van der Waals surface area (Å²) in [5.41, 5.74) is 1.06. The van der Waals surface area contributed by atoms with Crippen LogP contribution in [0.5, 0.6) is 5.75 Å². The third-order valence-electron chi connectivity index (χ3n) is 2.03. The summed E-state index contributed by atoms with van der Waals surface area (Å²) in [4.78, 5) is 3.89. The number of aromatic nitrogens is 2. The predicted molar refractivity (Wildman–Crippen MR) is 60.6 cm³/mol. The highest BCUT2D eigenvalue weighted by molar-refractivity contribution is 9.10. The van der Waals surface area contributed by atoms with Gasteiger partial charge in [0, 0.05) is 6.54 Å². The highest BCUT2D eigenvalue weighted by atomic mass is 79.9. The Kier molecular flexibility index (Phi) is 3.53. The van der Waals surface area contributed by atoms with Crippen LogP contribution < -0.4 is 5.32 Å². The maximum atomic E-state index is 9.32. The number of halogens is 1. The number of hydrogen-bond donors (Lipinski definition) is 2. The number of rotatable bonds is 4. The molecule has 0 saturated carbocycles. The molecular weight excluding hydrogens is 274 g/mol. The minimum Gasteiger partial charge on any atom is -0.507 e. The molecule has 0 saturated heterocycles. The summed E-state index contributed by atoms with van der Waals surface area (Å²) in [6.07, 6.45) is 1.30. The van der Waals surface area contributed by atoms with Crippen LogP contribution in [-0.2, 0) is 13.1 Å². The maximum absolute atomic E-state index is 9.32. The fraction of sp³-hybridized carbons (Fsp3) is 0.200. The van der Waals surface area contributed by atoms with Gasteiger partial charge in [0.2, 0.25) is 6.39 Å². The number of nitrogens with one attached hydrogen (secondary N) is 1. The van der Waals surface area contributed by atoms with Crippen molar-refractivity contribution in [1.82, 2.24) is 15.5 Å². The first kappa shape index (κ1) is 11.1. The summed E-state index contributed by atoms with van der Waals surface area (Å²) in [7, 11) is 0. The average molecular weight is 284 g/mol. The normalized spacial score (nSPS) is 10.6. The van der Waals surface area contributed by atoms with E-state index in [4.69, 9.17) is 0 Å². The van der Waals surface area contributed by atoms with E-state index in [1.807, 2.05) is 12.1 Å². The molecule has 5 nitrogen and oxygen atoms in total. The summed E-state index contributed by atoms with van der Waals surface area (Å²) in [5, 5.41) is 16.2. The monoisotopic (exact) mass is 283 g/mol. The molecule has 2 N–H and O–H groups in total. The van der Waals surface area contributed by atoms with Crippen molar-refractivity contribution in [2.24, 2.45) is 0 Å². The van der Waals surface area contributed by atoms with E-state index < -0.39 is 0 Å². The highest BCUT2D eigenvalue weighted by Crippen LogP contribution is 2.24. The van der Waals surface area contributed by atoms with Gasteiger partial charge in [0.25, 0.3) is 0 Å². The van der Waals surface area contributed by atoms with Gasteiger partial charge in [-0.25, -0.2) is 0 Å². The third-order valence-corrected chi connectivity index (χ3v) is 2.67. The van der Waals surface area contributed by atoms with Crippen LogP contribution in [0.1, 0.15) is 11.4 Å². The van der Waals surface area contributed by atoms with Crippen molar-refractivity contribution < 1.29 is 9.63 Å². The van der Waals surface area contributed by atoms with E-state index >= 15 is 0 Å². The van der Waals surface area contributed by atoms with E-state index in [-0.39, 0.29) is 5.75 Å². The first-order valence-electron chi connectivity index (χ1n) is 4.69. The Morgan fingerprint density at radius 1 is 1.38 bits per heavy atom. The molecule has 0 bridgehead atoms. The zero-order chi connectivity index (χ0) is 11.4. The fourth-order valence-corrected chi connectivity index (χ4v) is 1.68. The molecular formula is C10H10BrN3O2. The molecule has 0 aliphatic heterocycles. The standard InChI is InChI=1S/C10H10BrN3O2/c11-8-3-7(1-2-9(8)15)4-12-5-10-13-6-16-14-10/h1-3,6,12,15H,4-5H2. The van der Waals surface area contributed by atoms with Crippen molar-refractivity contribution in [2.75, 3.05) is 0 Å². The SMILES string of the molecule is Oc1ccc(CNCc2ncon2)cc1Br. The van der Waals surface area contributed by atoms with Crippen LogP contribution in [0.15, 0.2) is 33.6 Å². The molecule has 1 heterocycles. The molecule has 0 radical (unpaired) electrons. The minimum absolute atomic E-state index is 0.238. The summed E-state index contributed by atoms with van der Waals surface area (Å²) in [6.45, 7) is 1.22. The van der Waals surface area contributed by atoms with Crippen LogP contribution in [0.3, 0.4) is 0 Å². The molecule has 0 fully saturated rings. The van der Waals surface area contributed by atoms with Gasteiger partial charge in [0.1, 0.15) is 5.75 Å².